The van der Waals surface area contributed by atoms with Crippen LogP contribution in [0.1, 0.15) is 16.5 Å². The molecule has 2 aromatic rings. The maximum absolute atomic E-state index is 13.0. The molecule has 0 aliphatic rings. The number of hydrogen-bond donors (Lipinski definition) is 1. The smallest absolute Gasteiger partial charge is 0.137 e. The maximum Gasteiger partial charge on any atom is 0.137 e. The Morgan fingerprint density at radius 1 is 1.38 bits per heavy atom. The molecule has 0 spiro atoms. The van der Waals surface area contributed by atoms with Gasteiger partial charge in [-0.3, -0.25) is 0 Å². The molecule has 1 aromatic carbocycles. The van der Waals surface area contributed by atoms with E-state index in [1.807, 2.05) is 17.5 Å². The number of aliphatic hydroxyl groups excluding tert-OH is 1. The molecule has 0 radical (unpaired) electrons. The van der Waals surface area contributed by atoms with Gasteiger partial charge in [0.05, 0.1) is 10.6 Å². The summed E-state index contributed by atoms with van der Waals surface area (Å²) in [6.07, 6.45) is -0.0169. The van der Waals surface area contributed by atoms with Crippen LogP contribution in [-0.2, 0) is 6.42 Å². The number of benzene rings is 1. The molecular formula is C12H10BrFOS. The average Bonchev–Trinajstić information content (AvgIpc) is 2.77. The molecule has 1 unspecified atom stereocenters. The second-order valence-corrected chi connectivity index (χ2v) is 5.32. The van der Waals surface area contributed by atoms with E-state index in [1.54, 1.807) is 12.1 Å². The van der Waals surface area contributed by atoms with Crippen LogP contribution < -0.4 is 0 Å². The molecule has 16 heavy (non-hydrogen) atoms. The molecule has 0 saturated heterocycles. The fourth-order valence-corrected chi connectivity index (χ4v) is 2.61. The Kier molecular flexibility index (Phi) is 3.74. The van der Waals surface area contributed by atoms with Crippen molar-refractivity contribution in [2.24, 2.45) is 0 Å². The minimum absolute atomic E-state index is 0.283. The van der Waals surface area contributed by atoms with Gasteiger partial charge in [0.2, 0.25) is 0 Å². The van der Waals surface area contributed by atoms with Crippen molar-refractivity contribution < 1.29 is 9.50 Å². The lowest BCUT2D eigenvalue weighted by molar-refractivity contribution is 0.182. The molecule has 0 aliphatic carbocycles. The second kappa shape index (κ2) is 5.08. The van der Waals surface area contributed by atoms with Gasteiger partial charge in [0, 0.05) is 11.3 Å². The number of thiophene rings is 1. The van der Waals surface area contributed by atoms with Crippen LogP contribution in [0.2, 0.25) is 0 Å². The second-order valence-electron chi connectivity index (χ2n) is 3.48. The van der Waals surface area contributed by atoms with E-state index in [9.17, 15) is 9.50 Å². The molecule has 1 heterocycles. The van der Waals surface area contributed by atoms with Gasteiger partial charge in [0.1, 0.15) is 5.82 Å². The Balaban J connectivity index is 2.12. The number of hydrogen-bond acceptors (Lipinski definition) is 2. The Bertz CT molecular complexity index is 470. The predicted octanol–water partition coefficient (Wildman–Crippen LogP) is 3.93. The van der Waals surface area contributed by atoms with Gasteiger partial charge in [0.25, 0.3) is 0 Å². The highest BCUT2D eigenvalue weighted by Crippen LogP contribution is 2.24. The molecule has 1 aromatic heterocycles. The molecule has 0 amide bonds. The van der Waals surface area contributed by atoms with Crippen LogP contribution in [0.5, 0.6) is 0 Å². The maximum atomic E-state index is 13.0. The first-order chi connectivity index (χ1) is 7.66. The van der Waals surface area contributed by atoms with Gasteiger partial charge in [-0.15, -0.1) is 11.3 Å². The molecule has 1 atom stereocenters. The van der Waals surface area contributed by atoms with Crippen molar-refractivity contribution >= 4 is 27.3 Å². The van der Waals surface area contributed by atoms with Crippen molar-refractivity contribution in [3.8, 4) is 0 Å². The minimum Gasteiger partial charge on any atom is -0.387 e. The highest BCUT2D eigenvalue weighted by molar-refractivity contribution is 9.10. The number of halogens is 2. The van der Waals surface area contributed by atoms with E-state index in [-0.39, 0.29) is 5.82 Å². The van der Waals surface area contributed by atoms with E-state index in [1.165, 1.54) is 17.4 Å². The molecule has 0 bridgehead atoms. The molecule has 4 heteroatoms. The summed E-state index contributed by atoms with van der Waals surface area (Å²) in [7, 11) is 0. The summed E-state index contributed by atoms with van der Waals surface area (Å²) < 4.78 is 13.4. The summed E-state index contributed by atoms with van der Waals surface area (Å²) in [5, 5.41) is 11.9. The Labute approximate surface area is 106 Å². The van der Waals surface area contributed by atoms with Crippen molar-refractivity contribution in [3.63, 3.8) is 0 Å². The lowest BCUT2D eigenvalue weighted by atomic mass is 10.1. The van der Waals surface area contributed by atoms with Crippen molar-refractivity contribution in [3.05, 3.63) is 56.4 Å². The quantitative estimate of drug-likeness (QED) is 0.911. The normalized spacial score (nSPS) is 12.7. The summed E-state index contributed by atoms with van der Waals surface area (Å²) in [5.41, 5.74) is 0.911. The first-order valence-electron chi connectivity index (χ1n) is 4.82. The first kappa shape index (κ1) is 11.8. The van der Waals surface area contributed by atoms with E-state index >= 15 is 0 Å². The van der Waals surface area contributed by atoms with E-state index in [4.69, 9.17) is 0 Å². The lowest BCUT2D eigenvalue weighted by Gasteiger charge is -2.08. The summed E-state index contributed by atoms with van der Waals surface area (Å²) >= 11 is 4.65. The van der Waals surface area contributed by atoms with Crippen molar-refractivity contribution in [2.45, 2.75) is 12.5 Å². The summed E-state index contributed by atoms with van der Waals surface area (Å²) in [6, 6.07) is 8.60. The van der Waals surface area contributed by atoms with Gasteiger partial charge in [-0.25, -0.2) is 4.39 Å². The van der Waals surface area contributed by atoms with Gasteiger partial charge in [-0.05, 0) is 45.1 Å². The standard InChI is InChI=1S/C12H10BrFOS/c13-9-6-8(3-4-10(9)14)7-11(15)12-2-1-5-16-12/h1-6,11,15H,7H2. The van der Waals surface area contributed by atoms with Crippen LogP contribution >= 0.6 is 27.3 Å². The summed E-state index contributed by atoms with van der Waals surface area (Å²) in [6.45, 7) is 0. The minimum atomic E-state index is -0.516. The molecule has 84 valence electrons. The third-order valence-corrected chi connectivity index (χ3v) is 3.87. The zero-order valence-electron chi connectivity index (χ0n) is 8.36. The molecule has 0 saturated carbocycles. The Morgan fingerprint density at radius 3 is 2.81 bits per heavy atom. The average molecular weight is 301 g/mol. The van der Waals surface area contributed by atoms with Crippen molar-refractivity contribution in [1.29, 1.82) is 0 Å². The van der Waals surface area contributed by atoms with Gasteiger partial charge >= 0.3 is 0 Å². The highest BCUT2D eigenvalue weighted by atomic mass is 79.9. The van der Waals surface area contributed by atoms with Crippen LogP contribution in [0.15, 0.2) is 40.2 Å². The van der Waals surface area contributed by atoms with Crippen LogP contribution in [0.4, 0.5) is 4.39 Å². The number of aliphatic hydroxyl groups is 1. The highest BCUT2D eigenvalue weighted by Gasteiger charge is 2.10. The molecule has 1 nitrogen and oxygen atoms in total. The van der Waals surface area contributed by atoms with Crippen LogP contribution in [0, 0.1) is 5.82 Å². The zero-order valence-corrected chi connectivity index (χ0v) is 10.8. The Hall–Kier alpha value is -0.710. The van der Waals surface area contributed by atoms with E-state index in [0.717, 1.165) is 10.4 Å². The molecule has 0 fully saturated rings. The topological polar surface area (TPSA) is 20.2 Å². The van der Waals surface area contributed by atoms with Crippen LogP contribution in [0.3, 0.4) is 0 Å². The SMILES string of the molecule is OC(Cc1ccc(F)c(Br)c1)c1cccs1. The van der Waals surface area contributed by atoms with Crippen molar-refractivity contribution in [2.75, 3.05) is 0 Å². The molecule has 1 N–H and O–H groups in total. The van der Waals surface area contributed by atoms with E-state index in [0.29, 0.717) is 10.9 Å². The van der Waals surface area contributed by atoms with Gasteiger partial charge in [0.15, 0.2) is 0 Å². The van der Waals surface area contributed by atoms with Gasteiger partial charge < -0.3 is 5.11 Å². The Morgan fingerprint density at radius 2 is 2.19 bits per heavy atom. The number of rotatable bonds is 3. The van der Waals surface area contributed by atoms with Gasteiger partial charge in [-0.1, -0.05) is 12.1 Å². The molecule has 0 aliphatic heterocycles. The molecule has 2 rings (SSSR count). The third kappa shape index (κ3) is 2.70. The van der Waals surface area contributed by atoms with Gasteiger partial charge in [-0.2, -0.15) is 0 Å². The van der Waals surface area contributed by atoms with Crippen molar-refractivity contribution in [1.82, 2.24) is 0 Å². The summed E-state index contributed by atoms with van der Waals surface area (Å²) in [4.78, 5) is 0.931. The third-order valence-electron chi connectivity index (χ3n) is 2.28. The van der Waals surface area contributed by atoms with E-state index in [2.05, 4.69) is 15.9 Å². The van der Waals surface area contributed by atoms with Crippen LogP contribution in [-0.4, -0.2) is 5.11 Å². The zero-order chi connectivity index (χ0) is 11.5. The van der Waals surface area contributed by atoms with Crippen LogP contribution in [0.25, 0.3) is 0 Å². The summed E-state index contributed by atoms with van der Waals surface area (Å²) in [5.74, 6) is -0.283. The predicted molar refractivity (Wildman–Crippen MR) is 67.1 cm³/mol. The first-order valence-corrected chi connectivity index (χ1v) is 6.49. The largest absolute Gasteiger partial charge is 0.387 e. The fraction of sp³-hybridized carbons (Fsp3) is 0.167. The van der Waals surface area contributed by atoms with E-state index < -0.39 is 6.10 Å². The lowest BCUT2D eigenvalue weighted by Crippen LogP contribution is -1.99. The molecular weight excluding hydrogens is 291 g/mol. The monoisotopic (exact) mass is 300 g/mol. The fourth-order valence-electron chi connectivity index (χ4n) is 1.47.